The molecule has 3 aromatic heterocycles. The molecule has 0 saturated carbocycles. The summed E-state index contributed by atoms with van der Waals surface area (Å²) < 4.78 is 0. The Labute approximate surface area is 174 Å². The third kappa shape index (κ3) is 4.38. The van der Waals surface area contributed by atoms with Crippen molar-refractivity contribution in [3.8, 4) is 11.4 Å². The molecule has 7 nitrogen and oxygen atoms in total. The average Bonchev–Trinajstić information content (AvgIpc) is 3.39. The van der Waals surface area contributed by atoms with E-state index in [0.29, 0.717) is 5.69 Å². The van der Waals surface area contributed by atoms with Crippen LogP contribution in [0.5, 0.6) is 0 Å². The minimum absolute atomic E-state index is 0.102. The highest BCUT2D eigenvalue weighted by atomic mass is 32.1. The molecule has 1 aliphatic heterocycles. The van der Waals surface area contributed by atoms with Gasteiger partial charge in [-0.3, -0.25) is 14.7 Å². The van der Waals surface area contributed by atoms with Crippen LogP contribution in [0.2, 0.25) is 0 Å². The largest absolute Gasteiger partial charge is 0.349 e. The normalized spacial score (nSPS) is 17.0. The Morgan fingerprint density at radius 2 is 2.10 bits per heavy atom. The maximum Gasteiger partial charge on any atom is 0.251 e. The fourth-order valence-corrected chi connectivity index (χ4v) is 4.88. The highest BCUT2D eigenvalue weighted by molar-refractivity contribution is 7.15. The highest BCUT2D eigenvalue weighted by Gasteiger charge is 2.29. The van der Waals surface area contributed by atoms with Crippen molar-refractivity contribution in [2.45, 2.75) is 39.3 Å². The van der Waals surface area contributed by atoms with E-state index in [0.717, 1.165) is 55.7 Å². The van der Waals surface area contributed by atoms with Crippen LogP contribution in [0.15, 0.2) is 41.5 Å². The van der Waals surface area contributed by atoms with Gasteiger partial charge < -0.3 is 9.88 Å². The lowest BCUT2D eigenvalue weighted by Gasteiger charge is -2.23. The minimum atomic E-state index is -0.135. The Bertz CT molecular complexity index is 998. The number of likely N-dealkylation sites (tertiary alicyclic amines) is 1. The number of anilines is 1. The molecular formula is C21H26N6OS. The van der Waals surface area contributed by atoms with E-state index in [4.69, 9.17) is 4.98 Å². The molecule has 29 heavy (non-hydrogen) atoms. The number of hydrogen-bond donors (Lipinski definition) is 1. The Kier molecular flexibility index (Phi) is 6.01. The summed E-state index contributed by atoms with van der Waals surface area (Å²) in [4.78, 5) is 34.9. The summed E-state index contributed by atoms with van der Waals surface area (Å²) >= 11 is 1.75. The summed E-state index contributed by atoms with van der Waals surface area (Å²) in [6.07, 6.45) is 5.77. The van der Waals surface area contributed by atoms with Gasteiger partial charge in [-0.05, 0) is 45.4 Å². The number of aromatic nitrogens is 4. The van der Waals surface area contributed by atoms with Crippen molar-refractivity contribution >= 4 is 16.5 Å². The number of H-pyrrole nitrogens is 1. The average molecular weight is 411 g/mol. The zero-order chi connectivity index (χ0) is 20.2. The van der Waals surface area contributed by atoms with Gasteiger partial charge in [0.15, 0.2) is 5.13 Å². The third-order valence-electron chi connectivity index (χ3n) is 5.30. The molecule has 0 radical (unpaired) electrons. The van der Waals surface area contributed by atoms with Gasteiger partial charge in [-0.1, -0.05) is 6.07 Å². The number of nitrogens with one attached hydrogen (secondary N) is 1. The van der Waals surface area contributed by atoms with Gasteiger partial charge in [0.1, 0.15) is 5.82 Å². The molecule has 1 N–H and O–H groups in total. The molecular weight excluding hydrogens is 384 g/mol. The molecule has 0 unspecified atom stereocenters. The predicted molar refractivity (Wildman–Crippen MR) is 116 cm³/mol. The molecule has 1 saturated heterocycles. The number of nitrogens with zero attached hydrogens (tertiary/aromatic N) is 5. The van der Waals surface area contributed by atoms with Crippen LogP contribution < -0.4 is 10.5 Å². The second-order valence-corrected chi connectivity index (χ2v) is 8.23. The summed E-state index contributed by atoms with van der Waals surface area (Å²) in [5.74, 6) is 0.726. The second-order valence-electron chi connectivity index (χ2n) is 7.14. The molecule has 152 valence electrons. The van der Waals surface area contributed by atoms with E-state index >= 15 is 0 Å². The van der Waals surface area contributed by atoms with Crippen LogP contribution in [-0.4, -0.2) is 44.5 Å². The van der Waals surface area contributed by atoms with Crippen LogP contribution in [0.1, 0.15) is 43.4 Å². The maximum absolute atomic E-state index is 12.3. The first-order chi connectivity index (χ1) is 14.2. The fraction of sp³-hybridized carbons (Fsp3) is 0.429. The molecule has 0 bridgehead atoms. The zero-order valence-electron chi connectivity index (χ0n) is 16.8. The molecule has 1 atom stereocenters. The predicted octanol–water partition coefficient (Wildman–Crippen LogP) is 3.47. The van der Waals surface area contributed by atoms with Crippen LogP contribution in [-0.2, 0) is 6.54 Å². The molecule has 8 heteroatoms. The molecule has 0 amide bonds. The van der Waals surface area contributed by atoms with E-state index in [1.165, 1.54) is 10.9 Å². The van der Waals surface area contributed by atoms with Crippen LogP contribution in [0.3, 0.4) is 0 Å². The SMILES string of the molecule is CCN(CC)c1ncc(CN2CCC[C@H]2c2nc(-c3ccccn3)cc(=O)[nH]2)s1. The maximum atomic E-state index is 12.3. The molecule has 0 aliphatic carbocycles. The van der Waals surface area contributed by atoms with Crippen molar-refractivity contribution in [1.29, 1.82) is 0 Å². The van der Waals surface area contributed by atoms with Gasteiger partial charge in [-0.15, -0.1) is 11.3 Å². The van der Waals surface area contributed by atoms with Gasteiger partial charge in [-0.25, -0.2) is 9.97 Å². The van der Waals surface area contributed by atoms with E-state index < -0.39 is 0 Å². The van der Waals surface area contributed by atoms with E-state index in [-0.39, 0.29) is 11.6 Å². The molecule has 4 heterocycles. The Morgan fingerprint density at radius 1 is 1.24 bits per heavy atom. The lowest BCUT2D eigenvalue weighted by atomic mass is 10.2. The molecule has 1 fully saturated rings. The number of hydrogen-bond acceptors (Lipinski definition) is 7. The number of thiazole rings is 1. The number of pyridine rings is 1. The van der Waals surface area contributed by atoms with E-state index in [1.54, 1.807) is 17.5 Å². The van der Waals surface area contributed by atoms with Crippen molar-refractivity contribution in [2.24, 2.45) is 0 Å². The fourth-order valence-electron chi connectivity index (χ4n) is 3.82. The summed E-state index contributed by atoms with van der Waals surface area (Å²) in [5, 5.41) is 1.07. The summed E-state index contributed by atoms with van der Waals surface area (Å²) in [6.45, 7) is 8.03. The smallest absolute Gasteiger partial charge is 0.251 e. The second kappa shape index (κ2) is 8.84. The Hall–Kier alpha value is -2.58. The van der Waals surface area contributed by atoms with Gasteiger partial charge in [-0.2, -0.15) is 0 Å². The van der Waals surface area contributed by atoms with Gasteiger partial charge in [0.2, 0.25) is 0 Å². The topological polar surface area (TPSA) is 78.0 Å². The number of rotatable bonds is 7. The van der Waals surface area contributed by atoms with E-state index in [9.17, 15) is 4.79 Å². The first-order valence-electron chi connectivity index (χ1n) is 10.1. The molecule has 1 aliphatic rings. The summed E-state index contributed by atoms with van der Waals surface area (Å²) in [6, 6.07) is 7.27. The standard InChI is InChI=1S/C21H26N6OS/c1-3-26(4-2)21-23-13-15(29-21)14-27-11-7-9-18(27)20-24-17(12-19(28)25-20)16-8-5-6-10-22-16/h5-6,8,10,12-13,18H,3-4,7,9,11,14H2,1-2H3,(H,24,25,28)/t18-/m0/s1. The lowest BCUT2D eigenvalue weighted by molar-refractivity contribution is 0.241. The molecule has 4 rings (SSSR count). The quantitative estimate of drug-likeness (QED) is 0.643. The third-order valence-corrected chi connectivity index (χ3v) is 6.34. The van der Waals surface area contributed by atoms with Crippen LogP contribution >= 0.6 is 11.3 Å². The van der Waals surface area contributed by atoms with Crippen molar-refractivity contribution in [3.63, 3.8) is 0 Å². The van der Waals surface area contributed by atoms with E-state index in [1.807, 2.05) is 24.4 Å². The zero-order valence-corrected chi connectivity index (χ0v) is 17.7. The first kappa shape index (κ1) is 19.7. The molecule has 0 aromatic carbocycles. The van der Waals surface area contributed by atoms with Crippen molar-refractivity contribution in [3.05, 3.63) is 57.7 Å². The van der Waals surface area contributed by atoms with Crippen LogP contribution in [0.25, 0.3) is 11.4 Å². The lowest BCUT2D eigenvalue weighted by Crippen LogP contribution is -2.26. The van der Waals surface area contributed by atoms with Crippen molar-refractivity contribution < 1.29 is 0 Å². The minimum Gasteiger partial charge on any atom is -0.349 e. The van der Waals surface area contributed by atoms with E-state index in [2.05, 4.69) is 38.6 Å². The Balaban J connectivity index is 1.56. The van der Waals surface area contributed by atoms with Gasteiger partial charge in [0, 0.05) is 43.0 Å². The van der Waals surface area contributed by atoms with Crippen LogP contribution in [0.4, 0.5) is 5.13 Å². The summed E-state index contributed by atoms with van der Waals surface area (Å²) in [7, 11) is 0. The first-order valence-corrected chi connectivity index (χ1v) is 11.0. The highest BCUT2D eigenvalue weighted by Crippen LogP contribution is 2.33. The van der Waals surface area contributed by atoms with Crippen molar-refractivity contribution in [1.82, 2.24) is 24.8 Å². The van der Waals surface area contributed by atoms with Crippen LogP contribution in [0, 0.1) is 0 Å². The van der Waals surface area contributed by atoms with Gasteiger partial charge in [0.25, 0.3) is 5.56 Å². The molecule has 0 spiro atoms. The molecule has 3 aromatic rings. The van der Waals surface area contributed by atoms with Gasteiger partial charge in [0.05, 0.1) is 17.4 Å². The number of aromatic amines is 1. The summed E-state index contributed by atoms with van der Waals surface area (Å²) in [5.41, 5.74) is 1.21. The van der Waals surface area contributed by atoms with Gasteiger partial charge >= 0.3 is 0 Å². The van der Waals surface area contributed by atoms with Crippen molar-refractivity contribution in [2.75, 3.05) is 24.5 Å². The monoisotopic (exact) mass is 410 g/mol. The Morgan fingerprint density at radius 3 is 2.86 bits per heavy atom.